The minimum atomic E-state index is -0.885. The van der Waals surface area contributed by atoms with E-state index in [0.29, 0.717) is 12.1 Å². The van der Waals surface area contributed by atoms with Crippen molar-refractivity contribution in [3.63, 3.8) is 0 Å². The van der Waals surface area contributed by atoms with Crippen LogP contribution in [-0.4, -0.2) is 39.0 Å². The molecule has 1 aromatic heterocycles. The first kappa shape index (κ1) is 14.7. The van der Waals surface area contributed by atoms with Gasteiger partial charge in [0.25, 0.3) is 0 Å². The molecule has 7 nitrogen and oxygen atoms in total. The van der Waals surface area contributed by atoms with E-state index in [9.17, 15) is 9.59 Å². The second-order valence-electron chi connectivity index (χ2n) is 4.59. The van der Waals surface area contributed by atoms with Crippen LogP contribution in [0.2, 0.25) is 0 Å². The average Bonchev–Trinajstić information content (AvgIpc) is 2.92. The Balaban J connectivity index is 1.95. The lowest BCUT2D eigenvalue weighted by Gasteiger charge is -2.16. The number of hydrogen-bond donors (Lipinski definition) is 1. The van der Waals surface area contributed by atoms with E-state index in [1.165, 1.54) is 4.68 Å². The van der Waals surface area contributed by atoms with Crippen LogP contribution in [0.4, 0.5) is 5.69 Å². The number of carboxylic acids is 1. The molecule has 110 valence electrons. The Bertz CT molecular complexity index is 624. The molecule has 1 aromatic carbocycles. The second kappa shape index (κ2) is 6.65. The Morgan fingerprint density at radius 1 is 1.29 bits per heavy atom. The Morgan fingerprint density at radius 2 is 2.00 bits per heavy atom. The molecule has 2 aromatic rings. The third kappa shape index (κ3) is 4.13. The number of likely N-dealkylation sites (N-methyl/N-ethyl adjacent to an activating group) is 1. The number of para-hydroxylation sites is 1. The van der Waals surface area contributed by atoms with Gasteiger partial charge in [0.15, 0.2) is 0 Å². The zero-order valence-electron chi connectivity index (χ0n) is 11.6. The molecule has 0 bridgehead atoms. The van der Waals surface area contributed by atoms with Gasteiger partial charge in [0, 0.05) is 25.4 Å². The van der Waals surface area contributed by atoms with Gasteiger partial charge >= 0.3 is 5.97 Å². The number of carbonyl (C=O) groups excluding carboxylic acids is 1. The van der Waals surface area contributed by atoms with Crippen LogP contribution in [0.25, 0.3) is 0 Å². The number of amides is 1. The van der Waals surface area contributed by atoms with Crippen LogP contribution in [0.5, 0.6) is 0 Å². The SMILES string of the molecule is CN(C(=O)Cn1cc(CCC(=O)O)nn1)c1ccccc1. The van der Waals surface area contributed by atoms with E-state index in [4.69, 9.17) is 5.11 Å². The van der Waals surface area contributed by atoms with Crippen LogP contribution in [0, 0.1) is 0 Å². The topological polar surface area (TPSA) is 88.3 Å². The zero-order valence-corrected chi connectivity index (χ0v) is 11.6. The molecule has 0 aliphatic rings. The third-order valence-electron chi connectivity index (χ3n) is 3.00. The van der Waals surface area contributed by atoms with Crippen LogP contribution >= 0.6 is 0 Å². The molecule has 0 radical (unpaired) electrons. The summed E-state index contributed by atoms with van der Waals surface area (Å²) in [5.74, 6) is -1.01. The molecule has 0 aliphatic carbocycles. The summed E-state index contributed by atoms with van der Waals surface area (Å²) < 4.78 is 1.42. The quantitative estimate of drug-likeness (QED) is 0.855. The van der Waals surface area contributed by atoms with Gasteiger partial charge in [0.05, 0.1) is 12.1 Å². The second-order valence-corrected chi connectivity index (χ2v) is 4.59. The maximum absolute atomic E-state index is 12.1. The first-order valence-electron chi connectivity index (χ1n) is 6.48. The molecule has 21 heavy (non-hydrogen) atoms. The van der Waals surface area contributed by atoms with E-state index in [2.05, 4.69) is 10.3 Å². The van der Waals surface area contributed by atoms with Gasteiger partial charge in [0.2, 0.25) is 5.91 Å². The molecular weight excluding hydrogens is 272 g/mol. The summed E-state index contributed by atoms with van der Waals surface area (Å²) in [5.41, 5.74) is 1.36. The Morgan fingerprint density at radius 3 is 2.67 bits per heavy atom. The number of benzene rings is 1. The molecular formula is C14H16N4O3. The van der Waals surface area contributed by atoms with Crippen LogP contribution in [0.15, 0.2) is 36.5 Å². The number of aliphatic carboxylic acids is 1. The van der Waals surface area contributed by atoms with E-state index in [1.807, 2.05) is 30.3 Å². The van der Waals surface area contributed by atoms with Crippen LogP contribution in [-0.2, 0) is 22.6 Å². The molecule has 0 fully saturated rings. The maximum atomic E-state index is 12.1. The van der Waals surface area contributed by atoms with Crippen molar-refractivity contribution in [1.82, 2.24) is 15.0 Å². The fourth-order valence-corrected chi connectivity index (χ4v) is 1.81. The molecule has 0 saturated carbocycles. The van der Waals surface area contributed by atoms with Gasteiger partial charge in [-0.3, -0.25) is 9.59 Å². The molecule has 1 heterocycles. The van der Waals surface area contributed by atoms with E-state index in [0.717, 1.165) is 5.69 Å². The summed E-state index contributed by atoms with van der Waals surface area (Å²) in [7, 11) is 1.69. The summed E-state index contributed by atoms with van der Waals surface area (Å²) in [5, 5.41) is 16.3. The molecule has 1 amide bonds. The lowest BCUT2D eigenvalue weighted by Crippen LogP contribution is -2.30. The predicted molar refractivity (Wildman–Crippen MR) is 75.8 cm³/mol. The maximum Gasteiger partial charge on any atom is 0.303 e. The third-order valence-corrected chi connectivity index (χ3v) is 3.00. The molecule has 0 saturated heterocycles. The van der Waals surface area contributed by atoms with Crippen molar-refractivity contribution in [2.75, 3.05) is 11.9 Å². The molecule has 1 N–H and O–H groups in total. The summed E-state index contributed by atoms with van der Waals surface area (Å²) in [6.45, 7) is 0.0610. The Hall–Kier alpha value is -2.70. The fraction of sp³-hybridized carbons (Fsp3) is 0.286. The normalized spacial score (nSPS) is 10.3. The van der Waals surface area contributed by atoms with Crippen molar-refractivity contribution < 1.29 is 14.7 Å². The Kier molecular flexibility index (Phi) is 4.65. The highest BCUT2D eigenvalue weighted by Crippen LogP contribution is 2.11. The molecule has 7 heteroatoms. The number of aryl methyl sites for hydroxylation is 1. The van der Waals surface area contributed by atoms with Gasteiger partial charge in [-0.2, -0.15) is 0 Å². The highest BCUT2D eigenvalue weighted by atomic mass is 16.4. The van der Waals surface area contributed by atoms with Gasteiger partial charge in [-0.05, 0) is 12.1 Å². The van der Waals surface area contributed by atoms with E-state index in [1.54, 1.807) is 18.1 Å². The fourth-order valence-electron chi connectivity index (χ4n) is 1.81. The van der Waals surface area contributed by atoms with Crippen LogP contribution < -0.4 is 4.90 Å². The lowest BCUT2D eigenvalue weighted by atomic mass is 10.2. The minimum Gasteiger partial charge on any atom is -0.481 e. The van der Waals surface area contributed by atoms with Crippen molar-refractivity contribution in [3.05, 3.63) is 42.2 Å². The van der Waals surface area contributed by atoms with Crippen LogP contribution in [0.1, 0.15) is 12.1 Å². The first-order valence-corrected chi connectivity index (χ1v) is 6.48. The van der Waals surface area contributed by atoms with Gasteiger partial charge in [-0.15, -0.1) is 5.10 Å². The highest BCUT2D eigenvalue weighted by Gasteiger charge is 2.12. The Labute approximate surface area is 121 Å². The zero-order chi connectivity index (χ0) is 15.2. The smallest absolute Gasteiger partial charge is 0.303 e. The predicted octanol–water partition coefficient (Wildman–Crippen LogP) is 0.958. The molecule has 0 aliphatic heterocycles. The number of hydrogen-bond acceptors (Lipinski definition) is 4. The summed E-state index contributed by atoms with van der Waals surface area (Å²) >= 11 is 0. The average molecular weight is 288 g/mol. The molecule has 2 rings (SSSR count). The van der Waals surface area contributed by atoms with Gasteiger partial charge < -0.3 is 10.0 Å². The van der Waals surface area contributed by atoms with E-state index < -0.39 is 5.97 Å². The lowest BCUT2D eigenvalue weighted by molar-refractivity contribution is -0.137. The van der Waals surface area contributed by atoms with E-state index in [-0.39, 0.29) is 18.9 Å². The highest BCUT2D eigenvalue weighted by molar-refractivity contribution is 5.92. The minimum absolute atomic E-state index is 0.00341. The number of carboxylic acid groups (broad SMARTS) is 1. The standard InChI is InChI=1S/C14H16N4O3/c1-17(12-5-3-2-4-6-12)13(19)10-18-9-11(15-16-18)7-8-14(20)21/h2-6,9H,7-8,10H2,1H3,(H,20,21). The van der Waals surface area contributed by atoms with Gasteiger partial charge in [0.1, 0.15) is 6.54 Å². The first-order chi connectivity index (χ1) is 10.1. The van der Waals surface area contributed by atoms with E-state index >= 15 is 0 Å². The van der Waals surface area contributed by atoms with Crippen molar-refractivity contribution in [2.24, 2.45) is 0 Å². The van der Waals surface area contributed by atoms with Crippen molar-refractivity contribution in [3.8, 4) is 0 Å². The van der Waals surface area contributed by atoms with Gasteiger partial charge in [-0.25, -0.2) is 4.68 Å². The monoisotopic (exact) mass is 288 g/mol. The molecule has 0 atom stereocenters. The summed E-state index contributed by atoms with van der Waals surface area (Å²) in [6.07, 6.45) is 1.90. The number of aromatic nitrogens is 3. The summed E-state index contributed by atoms with van der Waals surface area (Å²) in [4.78, 5) is 24.2. The van der Waals surface area contributed by atoms with Crippen LogP contribution in [0.3, 0.4) is 0 Å². The number of rotatable bonds is 6. The van der Waals surface area contributed by atoms with Crippen molar-refractivity contribution >= 4 is 17.6 Å². The number of nitrogens with zero attached hydrogens (tertiary/aromatic N) is 4. The van der Waals surface area contributed by atoms with Crippen molar-refractivity contribution in [2.45, 2.75) is 19.4 Å². The summed E-state index contributed by atoms with van der Waals surface area (Å²) in [6, 6.07) is 9.29. The number of carbonyl (C=O) groups is 2. The number of anilines is 1. The van der Waals surface area contributed by atoms with Crippen molar-refractivity contribution in [1.29, 1.82) is 0 Å². The van der Waals surface area contributed by atoms with Gasteiger partial charge in [-0.1, -0.05) is 23.4 Å². The molecule has 0 spiro atoms. The molecule has 0 unspecified atom stereocenters. The largest absolute Gasteiger partial charge is 0.481 e.